The predicted molar refractivity (Wildman–Crippen MR) is 104 cm³/mol. The van der Waals surface area contributed by atoms with Crippen molar-refractivity contribution < 1.29 is 27.6 Å². The average molecular weight is 422 g/mol. The number of nitrogens with one attached hydrogen (secondary N) is 1. The van der Waals surface area contributed by atoms with E-state index in [1.54, 1.807) is 12.1 Å². The minimum atomic E-state index is -4.63. The Morgan fingerprint density at radius 1 is 1.10 bits per heavy atom. The number of nitro groups is 1. The molecule has 0 aromatic heterocycles. The summed E-state index contributed by atoms with van der Waals surface area (Å²) >= 11 is 0. The van der Waals surface area contributed by atoms with Gasteiger partial charge in [0, 0.05) is 17.8 Å². The van der Waals surface area contributed by atoms with Gasteiger partial charge in [-0.1, -0.05) is 31.4 Å². The van der Waals surface area contributed by atoms with Crippen molar-refractivity contribution in [3.8, 4) is 5.75 Å². The van der Waals surface area contributed by atoms with E-state index in [1.807, 2.05) is 0 Å². The van der Waals surface area contributed by atoms with E-state index in [9.17, 15) is 28.1 Å². The number of nitro benzene ring substituents is 1. The van der Waals surface area contributed by atoms with Crippen LogP contribution in [-0.4, -0.2) is 17.9 Å². The van der Waals surface area contributed by atoms with Crippen molar-refractivity contribution in [2.75, 3.05) is 12.4 Å². The molecule has 0 spiro atoms. The van der Waals surface area contributed by atoms with Crippen molar-refractivity contribution in [2.45, 2.75) is 43.7 Å². The maximum atomic E-state index is 13.3. The second-order valence-corrected chi connectivity index (χ2v) is 7.31. The van der Waals surface area contributed by atoms with Crippen molar-refractivity contribution in [3.05, 3.63) is 63.7 Å². The number of hydrogen-bond donors (Lipinski definition) is 1. The van der Waals surface area contributed by atoms with Crippen molar-refractivity contribution in [3.63, 3.8) is 0 Å². The lowest BCUT2D eigenvalue weighted by molar-refractivity contribution is -0.384. The zero-order valence-electron chi connectivity index (χ0n) is 16.3. The van der Waals surface area contributed by atoms with Gasteiger partial charge < -0.3 is 10.1 Å². The highest BCUT2D eigenvalue weighted by atomic mass is 19.4. The van der Waals surface area contributed by atoms with Crippen LogP contribution in [0.2, 0.25) is 0 Å². The molecule has 1 aliphatic rings. The Hall–Kier alpha value is -3.10. The fourth-order valence-corrected chi connectivity index (χ4v) is 3.96. The summed E-state index contributed by atoms with van der Waals surface area (Å²) in [7, 11) is 1.15. The van der Waals surface area contributed by atoms with Crippen molar-refractivity contribution in [1.82, 2.24) is 0 Å². The molecule has 1 saturated carbocycles. The highest BCUT2D eigenvalue weighted by Crippen LogP contribution is 2.42. The standard InChI is InChI=1S/C21H21F3N2O4/c1-30-18-10-7-15(13-17(18)21(22,23)24)25-19(27)20(11-3-2-4-12-20)14-5-8-16(9-6-14)26(28)29/h5-10,13H,2-4,11-12H2,1H3,(H,25,27). The van der Waals surface area contributed by atoms with Crippen LogP contribution in [0.25, 0.3) is 0 Å². The molecule has 3 rings (SSSR count). The minimum absolute atomic E-state index is 0.0139. The van der Waals surface area contributed by atoms with E-state index in [2.05, 4.69) is 5.32 Å². The van der Waals surface area contributed by atoms with Crippen molar-refractivity contribution in [2.24, 2.45) is 0 Å². The monoisotopic (exact) mass is 422 g/mol. The summed E-state index contributed by atoms with van der Waals surface area (Å²) < 4.78 is 44.7. The summed E-state index contributed by atoms with van der Waals surface area (Å²) in [5, 5.41) is 13.6. The third-order valence-corrected chi connectivity index (χ3v) is 5.54. The zero-order chi connectivity index (χ0) is 21.9. The van der Waals surface area contributed by atoms with Crippen LogP contribution >= 0.6 is 0 Å². The van der Waals surface area contributed by atoms with E-state index in [0.717, 1.165) is 38.5 Å². The molecule has 30 heavy (non-hydrogen) atoms. The molecule has 2 aromatic rings. The normalized spacial score (nSPS) is 16.0. The number of ether oxygens (including phenoxy) is 1. The fraction of sp³-hybridized carbons (Fsp3) is 0.381. The van der Waals surface area contributed by atoms with Gasteiger partial charge in [-0.3, -0.25) is 14.9 Å². The molecule has 0 saturated heterocycles. The second-order valence-electron chi connectivity index (χ2n) is 7.31. The molecule has 0 aliphatic heterocycles. The van der Waals surface area contributed by atoms with Gasteiger partial charge in [-0.2, -0.15) is 13.2 Å². The quantitative estimate of drug-likeness (QED) is 0.512. The summed E-state index contributed by atoms with van der Waals surface area (Å²) in [6.07, 6.45) is -1.10. The van der Waals surface area contributed by atoms with Crippen LogP contribution in [0.15, 0.2) is 42.5 Å². The number of alkyl halides is 3. The third-order valence-electron chi connectivity index (χ3n) is 5.54. The number of halogens is 3. The van der Waals surface area contributed by atoms with Crippen LogP contribution in [0.5, 0.6) is 5.75 Å². The molecule has 0 atom stereocenters. The van der Waals surface area contributed by atoms with Gasteiger partial charge >= 0.3 is 6.18 Å². The van der Waals surface area contributed by atoms with Crippen LogP contribution in [0, 0.1) is 10.1 Å². The van der Waals surface area contributed by atoms with E-state index in [1.165, 1.54) is 18.2 Å². The summed E-state index contributed by atoms with van der Waals surface area (Å²) in [5.74, 6) is -0.752. The largest absolute Gasteiger partial charge is 0.496 e. The Bertz CT molecular complexity index is 936. The minimum Gasteiger partial charge on any atom is -0.496 e. The molecule has 9 heteroatoms. The molecule has 0 bridgehead atoms. The number of carbonyl (C=O) groups excluding carboxylic acids is 1. The molecule has 0 unspecified atom stereocenters. The number of nitrogens with zero attached hydrogens (tertiary/aromatic N) is 1. The molecule has 160 valence electrons. The average Bonchev–Trinajstić information content (AvgIpc) is 2.73. The molecule has 2 aromatic carbocycles. The van der Waals surface area contributed by atoms with Crippen molar-refractivity contribution in [1.29, 1.82) is 0 Å². The summed E-state index contributed by atoms with van der Waals surface area (Å²) in [4.78, 5) is 23.7. The first-order valence-electron chi connectivity index (χ1n) is 9.49. The molecule has 1 N–H and O–H groups in total. The van der Waals surface area contributed by atoms with Gasteiger partial charge in [0.1, 0.15) is 5.75 Å². The second kappa shape index (κ2) is 8.33. The number of hydrogen-bond acceptors (Lipinski definition) is 4. The summed E-state index contributed by atoms with van der Waals surface area (Å²) in [6.45, 7) is 0. The van der Waals surface area contributed by atoms with E-state index in [-0.39, 0.29) is 17.1 Å². The first kappa shape index (κ1) is 21.6. The Morgan fingerprint density at radius 3 is 2.27 bits per heavy atom. The zero-order valence-corrected chi connectivity index (χ0v) is 16.3. The predicted octanol–water partition coefficient (Wildman–Crippen LogP) is 5.46. The lowest BCUT2D eigenvalue weighted by Gasteiger charge is -2.36. The number of anilines is 1. The Morgan fingerprint density at radius 2 is 1.73 bits per heavy atom. The van der Waals surface area contributed by atoms with Gasteiger partial charge in [0.2, 0.25) is 5.91 Å². The first-order valence-corrected chi connectivity index (χ1v) is 9.49. The maximum absolute atomic E-state index is 13.3. The van der Waals surface area contributed by atoms with Crippen LogP contribution in [0.3, 0.4) is 0 Å². The highest BCUT2D eigenvalue weighted by molar-refractivity contribution is 5.99. The number of carbonyl (C=O) groups is 1. The SMILES string of the molecule is COc1ccc(NC(=O)C2(c3ccc([N+](=O)[O-])cc3)CCCCC2)cc1C(F)(F)F. The van der Waals surface area contributed by atoms with Gasteiger partial charge in [-0.25, -0.2) is 0 Å². The van der Waals surface area contributed by atoms with Gasteiger partial charge in [0.15, 0.2) is 0 Å². The Labute approximate surface area is 171 Å². The Kier molecular flexibility index (Phi) is 6.00. The Balaban J connectivity index is 1.94. The summed E-state index contributed by atoms with van der Waals surface area (Å²) in [6, 6.07) is 9.16. The highest BCUT2D eigenvalue weighted by Gasteiger charge is 2.42. The topological polar surface area (TPSA) is 81.5 Å². The first-order chi connectivity index (χ1) is 14.2. The van der Waals surface area contributed by atoms with E-state index >= 15 is 0 Å². The van der Waals surface area contributed by atoms with Gasteiger partial charge in [0.25, 0.3) is 5.69 Å². The maximum Gasteiger partial charge on any atom is 0.420 e. The third kappa shape index (κ3) is 4.24. The van der Waals surface area contributed by atoms with Crippen LogP contribution < -0.4 is 10.1 Å². The number of rotatable bonds is 5. The lowest BCUT2D eigenvalue weighted by Crippen LogP contribution is -2.42. The molecule has 1 aliphatic carbocycles. The van der Waals surface area contributed by atoms with Crippen molar-refractivity contribution >= 4 is 17.3 Å². The van der Waals surface area contributed by atoms with Crippen LogP contribution in [-0.2, 0) is 16.4 Å². The number of benzene rings is 2. The molecular weight excluding hydrogens is 401 g/mol. The van der Waals surface area contributed by atoms with E-state index in [0.29, 0.717) is 18.4 Å². The molecule has 6 nitrogen and oxygen atoms in total. The molecule has 0 radical (unpaired) electrons. The number of methoxy groups -OCH3 is 1. The van der Waals surface area contributed by atoms with E-state index in [4.69, 9.17) is 4.74 Å². The molecule has 1 fully saturated rings. The van der Waals surface area contributed by atoms with Gasteiger partial charge in [0.05, 0.1) is 23.0 Å². The number of non-ortho nitro benzene ring substituents is 1. The smallest absolute Gasteiger partial charge is 0.420 e. The van der Waals surface area contributed by atoms with Crippen LogP contribution in [0.1, 0.15) is 43.2 Å². The number of amides is 1. The lowest BCUT2D eigenvalue weighted by atomic mass is 9.68. The van der Waals surface area contributed by atoms with Gasteiger partial charge in [-0.05, 0) is 36.6 Å². The fourth-order valence-electron chi connectivity index (χ4n) is 3.96. The molecular formula is C21H21F3N2O4. The molecule has 1 amide bonds. The van der Waals surface area contributed by atoms with Gasteiger partial charge in [-0.15, -0.1) is 0 Å². The van der Waals surface area contributed by atoms with E-state index < -0.39 is 28.0 Å². The summed E-state index contributed by atoms with van der Waals surface area (Å²) in [5.41, 5.74) is -1.38. The van der Waals surface area contributed by atoms with Crippen LogP contribution in [0.4, 0.5) is 24.5 Å². The molecule has 0 heterocycles.